The minimum absolute atomic E-state index is 0.00237. The number of nitrogens with zero attached hydrogens (tertiary/aromatic N) is 1. The lowest BCUT2D eigenvalue weighted by atomic mass is 10.0. The first-order valence-corrected chi connectivity index (χ1v) is 13.0. The first kappa shape index (κ1) is 24.5. The molecular formula is C27H28N2O5S. The number of hydrogen-bond acceptors (Lipinski definition) is 5. The van der Waals surface area contributed by atoms with Gasteiger partial charge >= 0.3 is 5.97 Å². The fourth-order valence-corrected chi connectivity index (χ4v) is 5.60. The zero-order valence-electron chi connectivity index (χ0n) is 19.7. The summed E-state index contributed by atoms with van der Waals surface area (Å²) in [6.45, 7) is 4.23. The van der Waals surface area contributed by atoms with Crippen LogP contribution in [0, 0.1) is 0 Å². The van der Waals surface area contributed by atoms with Gasteiger partial charge in [0.25, 0.3) is 15.9 Å². The van der Waals surface area contributed by atoms with Crippen LogP contribution < -0.4 is 9.62 Å². The van der Waals surface area contributed by atoms with Gasteiger partial charge < -0.3 is 10.1 Å². The summed E-state index contributed by atoms with van der Waals surface area (Å²) in [5.41, 5.74) is 2.77. The Morgan fingerprint density at radius 2 is 1.69 bits per heavy atom. The van der Waals surface area contributed by atoms with Crippen molar-refractivity contribution in [1.82, 2.24) is 5.32 Å². The number of fused-ring (bicyclic) bond motifs is 1. The smallest absolute Gasteiger partial charge is 0.338 e. The van der Waals surface area contributed by atoms with E-state index in [1.165, 1.54) is 35.5 Å². The highest BCUT2D eigenvalue weighted by molar-refractivity contribution is 7.92. The predicted octanol–water partition coefficient (Wildman–Crippen LogP) is 3.90. The van der Waals surface area contributed by atoms with Gasteiger partial charge in [0, 0.05) is 13.1 Å². The van der Waals surface area contributed by atoms with E-state index in [0.29, 0.717) is 25.2 Å². The van der Waals surface area contributed by atoms with Crippen molar-refractivity contribution in [2.24, 2.45) is 0 Å². The summed E-state index contributed by atoms with van der Waals surface area (Å²) in [6.07, 6.45) is -0.400. The van der Waals surface area contributed by atoms with Gasteiger partial charge in [-0.2, -0.15) is 0 Å². The van der Waals surface area contributed by atoms with E-state index < -0.39 is 28.0 Å². The summed E-state index contributed by atoms with van der Waals surface area (Å²) in [7, 11) is -3.85. The fourth-order valence-electron chi connectivity index (χ4n) is 4.05. The van der Waals surface area contributed by atoms with E-state index in [0.717, 1.165) is 11.1 Å². The Kier molecular flexibility index (Phi) is 7.21. The van der Waals surface area contributed by atoms with Crippen molar-refractivity contribution in [3.8, 4) is 0 Å². The largest absolute Gasteiger partial charge is 0.449 e. The third-order valence-corrected chi connectivity index (χ3v) is 7.92. The number of benzene rings is 3. The lowest BCUT2D eigenvalue weighted by Crippen LogP contribution is -2.37. The Hall–Kier alpha value is -3.65. The normalized spacial score (nSPS) is 14.6. The van der Waals surface area contributed by atoms with Crippen LogP contribution in [0.4, 0.5) is 5.69 Å². The van der Waals surface area contributed by atoms with Crippen LogP contribution in [-0.4, -0.2) is 39.5 Å². The molecule has 1 aliphatic rings. The molecule has 0 saturated carbocycles. The van der Waals surface area contributed by atoms with Crippen molar-refractivity contribution in [2.45, 2.75) is 37.2 Å². The van der Waals surface area contributed by atoms with Crippen molar-refractivity contribution in [3.63, 3.8) is 0 Å². The van der Waals surface area contributed by atoms with Gasteiger partial charge in [0.2, 0.25) is 0 Å². The van der Waals surface area contributed by atoms with Crippen molar-refractivity contribution >= 4 is 27.6 Å². The number of carbonyl (C=O) groups is 2. The van der Waals surface area contributed by atoms with Gasteiger partial charge in [-0.25, -0.2) is 13.2 Å². The molecular weight excluding hydrogens is 464 g/mol. The number of sulfonamides is 1. The molecule has 0 aromatic heterocycles. The van der Waals surface area contributed by atoms with Crippen LogP contribution in [-0.2, 0) is 26.0 Å². The van der Waals surface area contributed by atoms with E-state index in [1.807, 2.05) is 49.4 Å². The standard InChI is InChI=1S/C27H28N2O5S/c1-19(21-9-4-3-5-10-21)18-28-26(30)20(2)34-27(31)23-12-8-13-24(17-23)35(32,33)29-16-15-22-11-6-7-14-25(22)29/h3-14,17,19-20H,15-16,18H2,1-2H3,(H,28,30). The Bertz CT molecular complexity index is 1320. The SMILES string of the molecule is CC(OC(=O)c1cccc(S(=O)(=O)N2CCc3ccccc32)c1)C(=O)NCC(C)c1ccccc1. The average Bonchev–Trinajstić information content (AvgIpc) is 3.32. The summed E-state index contributed by atoms with van der Waals surface area (Å²) >= 11 is 0. The molecule has 0 aliphatic carbocycles. The van der Waals surface area contributed by atoms with Gasteiger partial charge in [-0.3, -0.25) is 9.10 Å². The highest BCUT2D eigenvalue weighted by Gasteiger charge is 2.31. The predicted molar refractivity (Wildman–Crippen MR) is 134 cm³/mol. The van der Waals surface area contributed by atoms with Gasteiger partial charge in [0.1, 0.15) is 0 Å². The Balaban J connectivity index is 1.40. The summed E-state index contributed by atoms with van der Waals surface area (Å²) in [5.74, 6) is -1.08. The van der Waals surface area contributed by atoms with E-state index in [9.17, 15) is 18.0 Å². The fraction of sp³-hybridized carbons (Fsp3) is 0.259. The number of para-hydroxylation sites is 1. The number of amides is 1. The van der Waals surface area contributed by atoms with Crippen molar-refractivity contribution in [3.05, 3.63) is 95.6 Å². The summed E-state index contributed by atoms with van der Waals surface area (Å²) in [5, 5.41) is 2.80. The maximum atomic E-state index is 13.3. The van der Waals surface area contributed by atoms with Gasteiger partial charge in [-0.05, 0) is 54.7 Å². The first-order chi connectivity index (χ1) is 16.8. The molecule has 0 spiro atoms. The van der Waals surface area contributed by atoms with E-state index in [4.69, 9.17) is 4.74 Å². The van der Waals surface area contributed by atoms with Crippen LogP contribution in [0.5, 0.6) is 0 Å². The minimum Gasteiger partial charge on any atom is -0.449 e. The molecule has 2 unspecified atom stereocenters. The van der Waals surface area contributed by atoms with Crippen LogP contribution in [0.3, 0.4) is 0 Å². The molecule has 3 aromatic carbocycles. The number of rotatable bonds is 8. The molecule has 1 N–H and O–H groups in total. The second-order valence-electron chi connectivity index (χ2n) is 8.59. The minimum atomic E-state index is -3.85. The Morgan fingerprint density at radius 1 is 0.971 bits per heavy atom. The maximum Gasteiger partial charge on any atom is 0.338 e. The second-order valence-corrected chi connectivity index (χ2v) is 10.5. The zero-order chi connectivity index (χ0) is 25.0. The molecule has 1 aliphatic heterocycles. The molecule has 0 saturated heterocycles. The summed E-state index contributed by atoms with van der Waals surface area (Å²) in [6, 6.07) is 22.9. The lowest BCUT2D eigenvalue weighted by molar-refractivity contribution is -0.129. The molecule has 8 heteroatoms. The number of anilines is 1. The highest BCUT2D eigenvalue weighted by atomic mass is 32.2. The number of ether oxygens (including phenoxy) is 1. The molecule has 0 radical (unpaired) electrons. The van der Waals surface area contributed by atoms with Crippen molar-refractivity contribution in [1.29, 1.82) is 0 Å². The molecule has 0 bridgehead atoms. The number of hydrogen-bond donors (Lipinski definition) is 1. The van der Waals surface area contributed by atoms with Crippen molar-refractivity contribution in [2.75, 3.05) is 17.4 Å². The quantitative estimate of drug-likeness (QED) is 0.482. The van der Waals surface area contributed by atoms with Crippen LogP contribution in [0.1, 0.15) is 41.3 Å². The summed E-state index contributed by atoms with van der Waals surface area (Å²) < 4.78 is 33.2. The van der Waals surface area contributed by atoms with Gasteiger partial charge in [0.05, 0.1) is 16.1 Å². The molecule has 3 aromatic rings. The topological polar surface area (TPSA) is 92.8 Å². The molecule has 1 heterocycles. The molecule has 2 atom stereocenters. The monoisotopic (exact) mass is 492 g/mol. The van der Waals surface area contributed by atoms with Crippen LogP contribution in [0.2, 0.25) is 0 Å². The van der Waals surface area contributed by atoms with Gasteiger partial charge in [-0.15, -0.1) is 0 Å². The van der Waals surface area contributed by atoms with Gasteiger partial charge in [-0.1, -0.05) is 61.5 Å². The molecule has 35 heavy (non-hydrogen) atoms. The van der Waals surface area contributed by atoms with Crippen LogP contribution in [0.25, 0.3) is 0 Å². The van der Waals surface area contributed by atoms with E-state index in [2.05, 4.69) is 5.32 Å². The first-order valence-electron chi connectivity index (χ1n) is 11.5. The van der Waals surface area contributed by atoms with Crippen molar-refractivity contribution < 1.29 is 22.7 Å². The average molecular weight is 493 g/mol. The highest BCUT2D eigenvalue weighted by Crippen LogP contribution is 2.32. The lowest BCUT2D eigenvalue weighted by Gasteiger charge is -2.20. The van der Waals surface area contributed by atoms with E-state index >= 15 is 0 Å². The molecule has 182 valence electrons. The van der Waals surface area contributed by atoms with Crippen LogP contribution >= 0.6 is 0 Å². The Morgan fingerprint density at radius 3 is 2.46 bits per heavy atom. The molecule has 1 amide bonds. The third-order valence-electron chi connectivity index (χ3n) is 6.11. The zero-order valence-corrected chi connectivity index (χ0v) is 20.5. The molecule has 0 fully saturated rings. The second kappa shape index (κ2) is 10.3. The van der Waals surface area contributed by atoms with Crippen LogP contribution in [0.15, 0.2) is 83.8 Å². The van der Waals surface area contributed by atoms with E-state index in [1.54, 1.807) is 12.1 Å². The number of nitrogens with one attached hydrogen (secondary N) is 1. The molecule has 4 rings (SSSR count). The summed E-state index contributed by atoms with van der Waals surface area (Å²) in [4.78, 5) is 25.2. The number of carbonyl (C=O) groups excluding carboxylic acids is 2. The molecule has 7 nitrogen and oxygen atoms in total. The number of esters is 1. The van der Waals surface area contributed by atoms with Gasteiger partial charge in [0.15, 0.2) is 6.10 Å². The van der Waals surface area contributed by atoms with E-state index in [-0.39, 0.29) is 16.4 Å². The third kappa shape index (κ3) is 5.38. The maximum absolute atomic E-state index is 13.3. The Labute approximate surface area is 205 Å².